The highest BCUT2D eigenvalue weighted by Gasteiger charge is 2.25. The fourth-order valence-corrected chi connectivity index (χ4v) is 6.74. The lowest BCUT2D eigenvalue weighted by Gasteiger charge is -2.34. The highest BCUT2D eigenvalue weighted by atomic mass is 35.5. The predicted octanol–water partition coefficient (Wildman–Crippen LogP) is 6.46. The van der Waals surface area contributed by atoms with Gasteiger partial charge in [0, 0.05) is 40.3 Å². The van der Waals surface area contributed by atoms with E-state index < -0.39 is 5.97 Å². The van der Waals surface area contributed by atoms with E-state index in [4.69, 9.17) is 27.9 Å². The van der Waals surface area contributed by atoms with Crippen molar-refractivity contribution in [1.29, 1.82) is 5.26 Å². The maximum absolute atomic E-state index is 13.7. The Kier molecular flexibility index (Phi) is 7.27. The number of anilines is 1. The number of thiophene rings is 1. The van der Waals surface area contributed by atoms with Gasteiger partial charge in [-0.1, -0.05) is 23.2 Å². The van der Waals surface area contributed by atoms with E-state index in [2.05, 4.69) is 16.0 Å². The lowest BCUT2D eigenvalue weighted by molar-refractivity contribution is 0.0699. The standard InChI is InChI=1S/C30H23Cl2N5O4S/c1-15-10-19(28-26(34-15)21(14-42-28)30(39)40)18-11-17(31)4-5-24(18)41-9-8-37-16(2)35-23-12-22(32)27(36-6-3-7-36)20(13-33)25(23)29(37)38/h4-5,10-12,14H,3,6-9H2,1-2H3,(H,39,40). The number of rotatable bonds is 7. The van der Waals surface area contributed by atoms with E-state index >= 15 is 0 Å². The van der Waals surface area contributed by atoms with Crippen LogP contribution < -0.4 is 15.2 Å². The maximum atomic E-state index is 13.7. The van der Waals surface area contributed by atoms with Crippen LogP contribution in [-0.4, -0.2) is 45.3 Å². The van der Waals surface area contributed by atoms with Crippen molar-refractivity contribution in [3.05, 3.63) is 78.8 Å². The van der Waals surface area contributed by atoms with Crippen LogP contribution in [0.3, 0.4) is 0 Å². The molecule has 1 saturated heterocycles. The minimum absolute atomic E-state index is 0.120. The number of carbonyl (C=O) groups is 1. The van der Waals surface area contributed by atoms with Gasteiger partial charge < -0.3 is 14.7 Å². The van der Waals surface area contributed by atoms with Crippen LogP contribution in [0.2, 0.25) is 10.0 Å². The lowest BCUT2D eigenvalue weighted by atomic mass is 10.0. The van der Waals surface area contributed by atoms with Crippen LogP contribution in [0.25, 0.3) is 32.2 Å². The van der Waals surface area contributed by atoms with Crippen LogP contribution in [0.15, 0.2) is 40.5 Å². The molecule has 1 aliphatic heterocycles. The third kappa shape index (κ3) is 4.73. The Morgan fingerprint density at radius 2 is 1.95 bits per heavy atom. The number of nitriles is 1. The monoisotopic (exact) mass is 619 g/mol. The Balaban J connectivity index is 1.36. The van der Waals surface area contributed by atoms with Crippen molar-refractivity contribution in [1.82, 2.24) is 14.5 Å². The van der Waals surface area contributed by atoms with E-state index in [9.17, 15) is 20.0 Å². The summed E-state index contributed by atoms with van der Waals surface area (Å²) in [5.41, 5.74) is 3.49. The molecular weight excluding hydrogens is 597 g/mol. The van der Waals surface area contributed by atoms with Gasteiger partial charge in [0.2, 0.25) is 0 Å². The molecule has 0 saturated carbocycles. The Morgan fingerprint density at radius 1 is 1.17 bits per heavy atom. The third-order valence-corrected chi connectivity index (χ3v) is 8.86. The summed E-state index contributed by atoms with van der Waals surface area (Å²) >= 11 is 14.2. The molecular formula is C30H23Cl2N5O4S. The molecule has 4 heterocycles. The Morgan fingerprint density at radius 3 is 2.64 bits per heavy atom. The first-order valence-electron chi connectivity index (χ1n) is 13.1. The number of aromatic carboxylic acids is 1. The van der Waals surface area contributed by atoms with Crippen molar-refractivity contribution in [3.63, 3.8) is 0 Å². The normalized spacial score (nSPS) is 12.9. The van der Waals surface area contributed by atoms with Gasteiger partial charge in [0.1, 0.15) is 24.3 Å². The molecule has 5 aromatic rings. The second-order valence-corrected chi connectivity index (χ2v) is 11.7. The van der Waals surface area contributed by atoms with Crippen LogP contribution in [0.1, 0.15) is 33.9 Å². The number of fused-ring (bicyclic) bond motifs is 2. The average Bonchev–Trinajstić information content (AvgIpc) is 3.34. The number of pyridine rings is 1. The number of aromatic nitrogens is 3. The van der Waals surface area contributed by atoms with Crippen LogP contribution in [0.5, 0.6) is 5.75 Å². The molecule has 0 spiro atoms. The first-order valence-corrected chi connectivity index (χ1v) is 14.7. The van der Waals surface area contributed by atoms with Gasteiger partial charge in [0.25, 0.3) is 5.56 Å². The molecule has 1 fully saturated rings. The van der Waals surface area contributed by atoms with Crippen LogP contribution in [-0.2, 0) is 6.54 Å². The van der Waals surface area contributed by atoms with Crippen molar-refractivity contribution in [3.8, 4) is 22.9 Å². The van der Waals surface area contributed by atoms with Gasteiger partial charge in [0.15, 0.2) is 0 Å². The molecule has 0 atom stereocenters. The second-order valence-electron chi connectivity index (χ2n) is 9.98. The van der Waals surface area contributed by atoms with E-state index in [1.807, 2.05) is 11.0 Å². The number of halogens is 2. The molecule has 6 rings (SSSR count). The van der Waals surface area contributed by atoms with Gasteiger partial charge in [-0.15, -0.1) is 11.3 Å². The zero-order valence-electron chi connectivity index (χ0n) is 22.6. The minimum Gasteiger partial charge on any atom is -0.491 e. The van der Waals surface area contributed by atoms with Crippen LogP contribution in [0, 0.1) is 25.2 Å². The number of carboxylic acid groups (broad SMARTS) is 1. The summed E-state index contributed by atoms with van der Waals surface area (Å²) in [5, 5.41) is 22.4. The van der Waals surface area contributed by atoms with Gasteiger partial charge in [-0.25, -0.2) is 9.78 Å². The third-order valence-electron chi connectivity index (χ3n) is 7.33. The average molecular weight is 621 g/mol. The summed E-state index contributed by atoms with van der Waals surface area (Å²) in [4.78, 5) is 36.5. The Bertz CT molecular complexity index is 2030. The summed E-state index contributed by atoms with van der Waals surface area (Å²) in [6, 6.07) is 10.9. The quantitative estimate of drug-likeness (QED) is 0.220. The highest BCUT2D eigenvalue weighted by Crippen LogP contribution is 2.40. The summed E-state index contributed by atoms with van der Waals surface area (Å²) in [6.45, 7) is 5.37. The zero-order valence-corrected chi connectivity index (χ0v) is 24.9. The molecule has 42 heavy (non-hydrogen) atoms. The first-order chi connectivity index (χ1) is 20.2. The Labute approximate surface area is 254 Å². The van der Waals surface area contributed by atoms with E-state index in [0.717, 1.165) is 25.1 Å². The molecule has 0 bridgehead atoms. The molecule has 1 aliphatic rings. The summed E-state index contributed by atoms with van der Waals surface area (Å²) < 4.78 is 8.41. The summed E-state index contributed by atoms with van der Waals surface area (Å²) in [5.74, 6) is -0.0626. The van der Waals surface area contributed by atoms with Crippen molar-refractivity contribution < 1.29 is 14.6 Å². The molecule has 212 valence electrons. The molecule has 12 heteroatoms. The molecule has 1 N–H and O–H groups in total. The van der Waals surface area contributed by atoms with E-state index in [0.29, 0.717) is 54.3 Å². The largest absolute Gasteiger partial charge is 0.491 e. The molecule has 2 aromatic carbocycles. The van der Waals surface area contributed by atoms with Crippen LogP contribution >= 0.6 is 34.5 Å². The van der Waals surface area contributed by atoms with Gasteiger partial charge >= 0.3 is 5.97 Å². The molecule has 0 radical (unpaired) electrons. The zero-order chi connectivity index (χ0) is 29.7. The van der Waals surface area contributed by atoms with Gasteiger partial charge in [-0.05, 0) is 50.6 Å². The van der Waals surface area contributed by atoms with E-state index in [-0.39, 0.29) is 35.2 Å². The minimum atomic E-state index is -1.04. The number of ether oxygens (including phenoxy) is 1. The maximum Gasteiger partial charge on any atom is 0.338 e. The molecule has 0 amide bonds. The molecule has 9 nitrogen and oxygen atoms in total. The highest BCUT2D eigenvalue weighted by molar-refractivity contribution is 7.18. The number of nitrogens with zero attached hydrogens (tertiary/aromatic N) is 5. The van der Waals surface area contributed by atoms with E-state index in [1.54, 1.807) is 43.5 Å². The smallest absolute Gasteiger partial charge is 0.338 e. The number of hydrogen-bond acceptors (Lipinski definition) is 8. The van der Waals surface area contributed by atoms with Gasteiger partial charge in [0.05, 0.1) is 49.5 Å². The van der Waals surface area contributed by atoms with Gasteiger partial charge in [-0.2, -0.15) is 5.26 Å². The summed E-state index contributed by atoms with van der Waals surface area (Å²) in [7, 11) is 0. The molecule has 0 aliphatic carbocycles. The Hall–Kier alpha value is -4.17. The molecule has 0 unspecified atom stereocenters. The second kappa shape index (κ2) is 10.9. The number of carboxylic acids is 1. The summed E-state index contributed by atoms with van der Waals surface area (Å²) in [6.07, 6.45) is 0.997. The van der Waals surface area contributed by atoms with Crippen molar-refractivity contribution in [2.45, 2.75) is 26.8 Å². The van der Waals surface area contributed by atoms with Crippen molar-refractivity contribution in [2.24, 2.45) is 0 Å². The number of hydrogen-bond donors (Lipinski definition) is 1. The van der Waals surface area contributed by atoms with Gasteiger partial charge in [-0.3, -0.25) is 14.3 Å². The van der Waals surface area contributed by atoms with E-state index in [1.165, 1.54) is 15.9 Å². The number of aryl methyl sites for hydroxylation is 2. The predicted molar refractivity (Wildman–Crippen MR) is 165 cm³/mol. The topological polar surface area (TPSA) is 121 Å². The van der Waals surface area contributed by atoms with Crippen molar-refractivity contribution >= 4 is 67.3 Å². The fraction of sp³-hybridized carbons (Fsp3) is 0.233. The van der Waals surface area contributed by atoms with Crippen molar-refractivity contribution in [2.75, 3.05) is 24.6 Å². The number of benzene rings is 2. The first kappa shape index (κ1) is 28.0. The lowest BCUT2D eigenvalue weighted by Crippen LogP contribution is -2.38. The fourth-order valence-electron chi connectivity index (χ4n) is 5.24. The SMILES string of the molecule is Cc1cc(-c2cc(Cl)ccc2OCCn2c(C)nc3cc(Cl)c(N4CCC4)c(C#N)c3c2=O)c2scc(C(=O)O)c2n1. The van der Waals surface area contributed by atoms with Crippen LogP contribution in [0.4, 0.5) is 5.69 Å². The molecule has 3 aromatic heterocycles.